The molecular weight excluding hydrogens is 276 g/mol. The lowest BCUT2D eigenvalue weighted by Gasteiger charge is -2.25. The number of likely N-dealkylation sites (N-methyl/N-ethyl adjacent to an activating group) is 2. The SMILES string of the molecule is CNC(COC(C)(C)C)c1c(Cl)cnn1CCN(C)C. The van der Waals surface area contributed by atoms with Crippen LogP contribution in [0.4, 0.5) is 0 Å². The highest BCUT2D eigenvalue weighted by Gasteiger charge is 2.22. The van der Waals surface area contributed by atoms with Gasteiger partial charge >= 0.3 is 0 Å². The Balaban J connectivity index is 2.82. The molecule has 0 saturated carbocycles. The van der Waals surface area contributed by atoms with E-state index in [-0.39, 0.29) is 11.6 Å². The van der Waals surface area contributed by atoms with E-state index in [0.717, 1.165) is 18.8 Å². The molecule has 0 amide bonds. The van der Waals surface area contributed by atoms with Crippen LogP contribution in [0.2, 0.25) is 5.02 Å². The molecule has 0 aliphatic carbocycles. The summed E-state index contributed by atoms with van der Waals surface area (Å²) in [5, 5.41) is 8.31. The van der Waals surface area contributed by atoms with Crippen molar-refractivity contribution in [3.63, 3.8) is 0 Å². The number of nitrogens with zero attached hydrogens (tertiary/aromatic N) is 3. The Kier molecular flexibility index (Phi) is 6.45. The number of nitrogens with one attached hydrogen (secondary N) is 1. The van der Waals surface area contributed by atoms with Crippen LogP contribution < -0.4 is 5.32 Å². The monoisotopic (exact) mass is 302 g/mol. The summed E-state index contributed by atoms with van der Waals surface area (Å²) in [4.78, 5) is 2.12. The second-order valence-corrected chi connectivity index (χ2v) is 6.58. The van der Waals surface area contributed by atoms with Crippen molar-refractivity contribution in [2.24, 2.45) is 0 Å². The van der Waals surface area contributed by atoms with Crippen molar-refractivity contribution in [1.82, 2.24) is 20.0 Å². The quantitative estimate of drug-likeness (QED) is 0.838. The van der Waals surface area contributed by atoms with Crippen molar-refractivity contribution >= 4 is 11.6 Å². The minimum atomic E-state index is -0.171. The van der Waals surface area contributed by atoms with Crippen molar-refractivity contribution in [2.45, 2.75) is 39.0 Å². The molecule has 0 aromatic carbocycles. The van der Waals surface area contributed by atoms with Gasteiger partial charge in [0, 0.05) is 6.54 Å². The number of rotatable bonds is 7. The second kappa shape index (κ2) is 7.41. The van der Waals surface area contributed by atoms with Crippen molar-refractivity contribution < 1.29 is 4.74 Å². The molecule has 0 aliphatic heterocycles. The molecule has 1 rings (SSSR count). The maximum atomic E-state index is 6.29. The maximum absolute atomic E-state index is 6.29. The Morgan fingerprint density at radius 3 is 2.60 bits per heavy atom. The second-order valence-electron chi connectivity index (χ2n) is 6.17. The van der Waals surface area contributed by atoms with Crippen molar-refractivity contribution in [2.75, 3.05) is 34.3 Å². The molecule has 1 heterocycles. The Morgan fingerprint density at radius 1 is 1.45 bits per heavy atom. The van der Waals surface area contributed by atoms with E-state index in [9.17, 15) is 0 Å². The van der Waals surface area contributed by atoms with Crippen molar-refractivity contribution in [1.29, 1.82) is 0 Å². The van der Waals surface area contributed by atoms with Crippen LogP contribution in [0.1, 0.15) is 32.5 Å². The van der Waals surface area contributed by atoms with Gasteiger partial charge < -0.3 is 15.0 Å². The molecule has 0 spiro atoms. The van der Waals surface area contributed by atoms with Crippen LogP contribution in [0.25, 0.3) is 0 Å². The predicted octanol–water partition coefficient (Wildman–Crippen LogP) is 2.17. The summed E-state index contributed by atoms with van der Waals surface area (Å²) in [6.45, 7) is 8.43. The summed E-state index contributed by atoms with van der Waals surface area (Å²) in [7, 11) is 6.00. The van der Waals surface area contributed by atoms with Gasteiger partial charge in [-0.25, -0.2) is 0 Å². The average Bonchev–Trinajstić information content (AvgIpc) is 2.68. The molecule has 1 atom stereocenters. The molecule has 116 valence electrons. The fourth-order valence-corrected chi connectivity index (χ4v) is 2.10. The van der Waals surface area contributed by atoms with E-state index < -0.39 is 0 Å². The van der Waals surface area contributed by atoms with Crippen LogP contribution in [-0.2, 0) is 11.3 Å². The van der Waals surface area contributed by atoms with Gasteiger partial charge in [0.05, 0.1) is 41.7 Å². The molecule has 1 unspecified atom stereocenters. The first-order valence-electron chi connectivity index (χ1n) is 6.91. The van der Waals surface area contributed by atoms with E-state index in [1.807, 2.05) is 46.6 Å². The molecule has 0 bridgehead atoms. The zero-order valence-electron chi connectivity index (χ0n) is 13.4. The molecule has 6 heteroatoms. The first-order valence-corrected chi connectivity index (χ1v) is 7.29. The summed E-state index contributed by atoms with van der Waals surface area (Å²) < 4.78 is 7.82. The number of hydrogen-bond donors (Lipinski definition) is 1. The van der Waals surface area contributed by atoms with Crippen LogP contribution >= 0.6 is 11.6 Å². The zero-order chi connectivity index (χ0) is 15.3. The van der Waals surface area contributed by atoms with E-state index in [0.29, 0.717) is 11.6 Å². The van der Waals surface area contributed by atoms with Crippen molar-refractivity contribution in [3.8, 4) is 0 Å². The van der Waals surface area contributed by atoms with Gasteiger partial charge in [0.2, 0.25) is 0 Å². The van der Waals surface area contributed by atoms with E-state index in [1.165, 1.54) is 0 Å². The number of halogens is 1. The van der Waals surface area contributed by atoms with E-state index in [1.54, 1.807) is 6.20 Å². The van der Waals surface area contributed by atoms with Crippen molar-refractivity contribution in [3.05, 3.63) is 16.9 Å². The summed E-state index contributed by atoms with van der Waals surface area (Å²) in [6, 6.07) is 0.0337. The van der Waals surface area contributed by atoms with Crippen LogP contribution in [0, 0.1) is 0 Å². The highest BCUT2D eigenvalue weighted by molar-refractivity contribution is 6.31. The topological polar surface area (TPSA) is 42.3 Å². The lowest BCUT2D eigenvalue weighted by Crippen LogP contribution is -2.31. The molecule has 1 N–H and O–H groups in total. The largest absolute Gasteiger partial charge is 0.374 e. The summed E-state index contributed by atoms with van der Waals surface area (Å²) in [5.41, 5.74) is 0.816. The number of ether oxygens (including phenoxy) is 1. The molecule has 1 aromatic rings. The Bertz CT molecular complexity index is 412. The lowest BCUT2D eigenvalue weighted by molar-refractivity contribution is -0.0149. The minimum Gasteiger partial charge on any atom is -0.374 e. The smallest absolute Gasteiger partial charge is 0.0835 e. The standard InChI is InChI=1S/C14H27ClN4O/c1-14(2,3)20-10-12(16-4)13-11(15)9-17-19(13)8-7-18(5)6/h9,12,16H,7-8,10H2,1-6H3. The fraction of sp³-hybridized carbons (Fsp3) is 0.786. The minimum absolute atomic E-state index is 0.0337. The molecule has 0 fully saturated rings. The maximum Gasteiger partial charge on any atom is 0.0835 e. The van der Waals surface area contributed by atoms with Gasteiger partial charge in [0.25, 0.3) is 0 Å². The third kappa shape index (κ3) is 5.40. The van der Waals surface area contributed by atoms with Crippen LogP contribution in [0.15, 0.2) is 6.20 Å². The Hall–Kier alpha value is -0.620. The van der Waals surface area contributed by atoms with E-state index in [4.69, 9.17) is 16.3 Å². The van der Waals surface area contributed by atoms with Gasteiger partial charge in [-0.15, -0.1) is 0 Å². The number of aromatic nitrogens is 2. The average molecular weight is 303 g/mol. The van der Waals surface area contributed by atoms with E-state index >= 15 is 0 Å². The molecule has 0 radical (unpaired) electrons. The summed E-state index contributed by atoms with van der Waals surface area (Å²) in [6.07, 6.45) is 1.70. The van der Waals surface area contributed by atoms with Gasteiger partial charge in [-0.1, -0.05) is 11.6 Å². The molecule has 1 aromatic heterocycles. The van der Waals surface area contributed by atoms with Gasteiger partial charge in [0.15, 0.2) is 0 Å². The van der Waals surface area contributed by atoms with Gasteiger partial charge in [-0.3, -0.25) is 4.68 Å². The highest BCUT2D eigenvalue weighted by atomic mass is 35.5. The van der Waals surface area contributed by atoms with Gasteiger partial charge in [-0.05, 0) is 41.9 Å². The third-order valence-electron chi connectivity index (χ3n) is 2.95. The molecule has 5 nitrogen and oxygen atoms in total. The lowest BCUT2D eigenvalue weighted by atomic mass is 10.1. The zero-order valence-corrected chi connectivity index (χ0v) is 14.2. The molecular formula is C14H27ClN4O. The highest BCUT2D eigenvalue weighted by Crippen LogP contribution is 2.24. The number of hydrogen-bond acceptors (Lipinski definition) is 4. The summed E-state index contributed by atoms with van der Waals surface area (Å²) >= 11 is 6.29. The van der Waals surface area contributed by atoms with Crippen LogP contribution in [0.3, 0.4) is 0 Å². The first kappa shape index (κ1) is 17.4. The van der Waals surface area contributed by atoms with E-state index in [2.05, 4.69) is 15.3 Å². The molecule has 0 saturated heterocycles. The summed E-state index contributed by atoms with van der Waals surface area (Å²) in [5.74, 6) is 0. The molecule has 20 heavy (non-hydrogen) atoms. The normalized spacial score (nSPS) is 14.0. The Labute approximate surface area is 127 Å². The first-order chi connectivity index (χ1) is 9.24. The third-order valence-corrected chi connectivity index (χ3v) is 3.25. The van der Waals surface area contributed by atoms with Crippen LogP contribution in [-0.4, -0.2) is 54.6 Å². The Morgan fingerprint density at radius 2 is 2.10 bits per heavy atom. The van der Waals surface area contributed by atoms with Crippen LogP contribution in [0.5, 0.6) is 0 Å². The fourth-order valence-electron chi connectivity index (χ4n) is 1.82. The van der Waals surface area contributed by atoms with Gasteiger partial charge in [0.1, 0.15) is 0 Å². The predicted molar refractivity (Wildman–Crippen MR) is 83.3 cm³/mol. The van der Waals surface area contributed by atoms with Gasteiger partial charge in [-0.2, -0.15) is 5.10 Å². The molecule has 0 aliphatic rings.